The van der Waals surface area contributed by atoms with Crippen LogP contribution in [0.5, 0.6) is 0 Å². The molecule has 0 saturated carbocycles. The van der Waals surface area contributed by atoms with E-state index < -0.39 is 17.3 Å². The summed E-state index contributed by atoms with van der Waals surface area (Å²) in [6, 6.07) is 11.6. The van der Waals surface area contributed by atoms with E-state index in [0.717, 1.165) is 10.5 Å². The van der Waals surface area contributed by atoms with E-state index in [2.05, 4.69) is 15.9 Å². The molecule has 2 aromatic rings. The quantitative estimate of drug-likeness (QED) is 0.835. The van der Waals surface area contributed by atoms with Gasteiger partial charge in [-0.2, -0.15) is 13.2 Å². The molecule has 20 heavy (non-hydrogen) atoms. The van der Waals surface area contributed by atoms with E-state index in [-0.39, 0.29) is 5.56 Å². The SMILES string of the molecule is CC(O)(c1ccc(Br)cc1)c1ccccc1C(F)(F)F. The Labute approximate surface area is 123 Å². The van der Waals surface area contributed by atoms with Crippen molar-refractivity contribution in [1.29, 1.82) is 0 Å². The Morgan fingerprint density at radius 2 is 1.40 bits per heavy atom. The minimum atomic E-state index is -4.50. The van der Waals surface area contributed by atoms with Crippen LogP contribution in [0.2, 0.25) is 0 Å². The van der Waals surface area contributed by atoms with E-state index in [1.54, 1.807) is 24.3 Å². The molecule has 106 valence electrons. The maximum absolute atomic E-state index is 13.0. The number of hydrogen-bond acceptors (Lipinski definition) is 1. The number of halogens is 4. The molecular weight excluding hydrogens is 333 g/mol. The highest BCUT2D eigenvalue weighted by molar-refractivity contribution is 9.10. The van der Waals surface area contributed by atoms with Crippen molar-refractivity contribution in [3.05, 3.63) is 69.7 Å². The Morgan fingerprint density at radius 1 is 0.900 bits per heavy atom. The second-order valence-electron chi connectivity index (χ2n) is 4.62. The van der Waals surface area contributed by atoms with Gasteiger partial charge in [-0.1, -0.05) is 46.3 Å². The van der Waals surface area contributed by atoms with Gasteiger partial charge in [0.15, 0.2) is 0 Å². The van der Waals surface area contributed by atoms with Gasteiger partial charge in [-0.05, 0) is 36.2 Å². The highest BCUT2D eigenvalue weighted by Crippen LogP contribution is 2.39. The van der Waals surface area contributed by atoms with Crippen LogP contribution in [0.15, 0.2) is 53.0 Å². The Kier molecular flexibility index (Phi) is 3.93. The molecule has 0 bridgehead atoms. The van der Waals surface area contributed by atoms with E-state index in [1.807, 2.05) is 0 Å². The molecule has 2 rings (SSSR count). The Balaban J connectivity index is 2.57. The van der Waals surface area contributed by atoms with E-state index in [0.29, 0.717) is 5.56 Å². The lowest BCUT2D eigenvalue weighted by Gasteiger charge is -2.27. The number of alkyl halides is 3. The van der Waals surface area contributed by atoms with E-state index in [9.17, 15) is 18.3 Å². The lowest BCUT2D eigenvalue weighted by molar-refractivity contribution is -0.139. The summed E-state index contributed by atoms with van der Waals surface area (Å²) in [5, 5.41) is 10.6. The van der Waals surface area contributed by atoms with Gasteiger partial charge in [0.05, 0.1) is 5.56 Å². The zero-order valence-electron chi connectivity index (χ0n) is 10.6. The topological polar surface area (TPSA) is 20.2 Å². The maximum atomic E-state index is 13.0. The van der Waals surface area contributed by atoms with E-state index >= 15 is 0 Å². The van der Waals surface area contributed by atoms with Gasteiger partial charge in [-0.25, -0.2) is 0 Å². The van der Waals surface area contributed by atoms with Crippen molar-refractivity contribution in [2.75, 3.05) is 0 Å². The smallest absolute Gasteiger partial charge is 0.381 e. The summed E-state index contributed by atoms with van der Waals surface area (Å²) in [4.78, 5) is 0. The van der Waals surface area contributed by atoms with Crippen molar-refractivity contribution in [1.82, 2.24) is 0 Å². The Hall–Kier alpha value is -1.33. The van der Waals surface area contributed by atoms with Crippen LogP contribution in [-0.4, -0.2) is 5.11 Å². The average molecular weight is 345 g/mol. The summed E-state index contributed by atoms with van der Waals surface area (Å²) in [6.45, 7) is 1.36. The second-order valence-corrected chi connectivity index (χ2v) is 5.54. The van der Waals surface area contributed by atoms with Crippen LogP contribution in [0, 0.1) is 0 Å². The number of aliphatic hydroxyl groups is 1. The lowest BCUT2D eigenvalue weighted by Crippen LogP contribution is -2.26. The third-order valence-electron chi connectivity index (χ3n) is 3.16. The lowest BCUT2D eigenvalue weighted by atomic mass is 9.85. The van der Waals surface area contributed by atoms with Crippen LogP contribution in [0.25, 0.3) is 0 Å². The predicted octanol–water partition coefficient (Wildman–Crippen LogP) is 4.72. The van der Waals surface area contributed by atoms with Gasteiger partial charge < -0.3 is 5.11 Å². The molecular formula is C15H12BrF3O. The van der Waals surface area contributed by atoms with Crippen LogP contribution >= 0.6 is 15.9 Å². The first-order valence-corrected chi connectivity index (χ1v) is 6.67. The predicted molar refractivity (Wildman–Crippen MR) is 74.3 cm³/mol. The molecule has 0 fully saturated rings. The van der Waals surface area contributed by atoms with Crippen LogP contribution in [-0.2, 0) is 11.8 Å². The van der Waals surface area contributed by atoms with Gasteiger partial charge in [0.2, 0.25) is 0 Å². The minimum absolute atomic E-state index is 0.158. The fourth-order valence-electron chi connectivity index (χ4n) is 2.08. The largest absolute Gasteiger partial charge is 0.416 e. The minimum Gasteiger partial charge on any atom is -0.381 e. The van der Waals surface area contributed by atoms with Crippen LogP contribution in [0.3, 0.4) is 0 Å². The fourth-order valence-corrected chi connectivity index (χ4v) is 2.35. The molecule has 0 amide bonds. The molecule has 0 heterocycles. The highest BCUT2D eigenvalue weighted by atomic mass is 79.9. The molecule has 0 aliphatic rings. The van der Waals surface area contributed by atoms with Gasteiger partial charge in [-0.15, -0.1) is 0 Å². The number of benzene rings is 2. The zero-order chi connectivity index (χ0) is 15.0. The summed E-state index contributed by atoms with van der Waals surface area (Å²) in [5.41, 5.74) is -2.30. The molecule has 0 radical (unpaired) electrons. The second kappa shape index (κ2) is 5.22. The molecule has 0 aromatic heterocycles. The van der Waals surface area contributed by atoms with Crippen molar-refractivity contribution in [3.8, 4) is 0 Å². The van der Waals surface area contributed by atoms with Gasteiger partial charge in [-0.3, -0.25) is 0 Å². The Bertz CT molecular complexity index is 603. The Morgan fingerprint density at radius 3 is 1.90 bits per heavy atom. The summed E-state index contributed by atoms with van der Waals surface area (Å²) < 4.78 is 39.9. The standard InChI is InChI=1S/C15H12BrF3O/c1-14(20,10-6-8-11(16)9-7-10)12-4-2-3-5-13(12)15(17,18)19/h2-9,20H,1H3. The summed E-state index contributed by atoms with van der Waals surface area (Å²) in [7, 11) is 0. The number of rotatable bonds is 2. The average Bonchev–Trinajstić information content (AvgIpc) is 2.38. The molecule has 1 atom stereocenters. The zero-order valence-corrected chi connectivity index (χ0v) is 12.2. The first-order valence-electron chi connectivity index (χ1n) is 5.88. The summed E-state index contributed by atoms with van der Waals surface area (Å²) in [5.74, 6) is 0. The first-order chi connectivity index (χ1) is 9.23. The molecule has 0 saturated heterocycles. The molecule has 0 aliphatic carbocycles. The molecule has 2 aromatic carbocycles. The van der Waals surface area contributed by atoms with Gasteiger partial charge >= 0.3 is 6.18 Å². The fraction of sp³-hybridized carbons (Fsp3) is 0.200. The van der Waals surface area contributed by atoms with Gasteiger partial charge in [0, 0.05) is 4.47 Å². The summed E-state index contributed by atoms with van der Waals surface area (Å²) in [6.07, 6.45) is -4.50. The van der Waals surface area contributed by atoms with Crippen LogP contribution < -0.4 is 0 Å². The van der Waals surface area contributed by atoms with Crippen molar-refractivity contribution >= 4 is 15.9 Å². The normalized spacial score (nSPS) is 14.9. The molecule has 5 heteroatoms. The molecule has 0 spiro atoms. The van der Waals surface area contributed by atoms with Gasteiger partial charge in [0.1, 0.15) is 5.60 Å². The highest BCUT2D eigenvalue weighted by Gasteiger charge is 2.39. The van der Waals surface area contributed by atoms with Crippen molar-refractivity contribution < 1.29 is 18.3 Å². The molecule has 1 unspecified atom stereocenters. The van der Waals surface area contributed by atoms with Gasteiger partial charge in [0.25, 0.3) is 0 Å². The van der Waals surface area contributed by atoms with Crippen molar-refractivity contribution in [2.45, 2.75) is 18.7 Å². The maximum Gasteiger partial charge on any atom is 0.416 e. The van der Waals surface area contributed by atoms with E-state index in [4.69, 9.17) is 0 Å². The molecule has 0 aliphatic heterocycles. The third kappa shape index (κ3) is 2.88. The molecule has 1 nitrogen and oxygen atoms in total. The van der Waals surface area contributed by atoms with Crippen LogP contribution in [0.1, 0.15) is 23.6 Å². The molecule has 1 N–H and O–H groups in total. The van der Waals surface area contributed by atoms with Crippen molar-refractivity contribution in [3.63, 3.8) is 0 Å². The van der Waals surface area contributed by atoms with E-state index in [1.165, 1.54) is 25.1 Å². The summed E-state index contributed by atoms with van der Waals surface area (Å²) >= 11 is 3.25. The first kappa shape index (κ1) is 15.1. The number of hydrogen-bond donors (Lipinski definition) is 1. The third-order valence-corrected chi connectivity index (χ3v) is 3.69. The van der Waals surface area contributed by atoms with Crippen LogP contribution in [0.4, 0.5) is 13.2 Å². The van der Waals surface area contributed by atoms with Crippen molar-refractivity contribution in [2.24, 2.45) is 0 Å². The monoisotopic (exact) mass is 344 g/mol.